The molecule has 0 bridgehead atoms. The largest absolute Gasteiger partial charge is 0.361 e. The van der Waals surface area contributed by atoms with E-state index in [4.69, 9.17) is 4.52 Å². The fourth-order valence-electron chi connectivity index (χ4n) is 2.22. The third kappa shape index (κ3) is 2.85. The van der Waals surface area contributed by atoms with E-state index in [1.807, 2.05) is 0 Å². The predicted molar refractivity (Wildman–Crippen MR) is 63.8 cm³/mol. The van der Waals surface area contributed by atoms with E-state index in [1.165, 1.54) is 12.6 Å². The van der Waals surface area contributed by atoms with Gasteiger partial charge in [0.05, 0.1) is 6.20 Å². The van der Waals surface area contributed by atoms with E-state index < -0.39 is 0 Å². The topological polar surface area (TPSA) is 67.2 Å². The quantitative estimate of drug-likeness (QED) is 0.826. The molecule has 2 atom stereocenters. The van der Waals surface area contributed by atoms with Gasteiger partial charge in [0.15, 0.2) is 0 Å². The second-order valence-electron chi connectivity index (χ2n) is 4.66. The first-order valence-corrected chi connectivity index (χ1v) is 6.11. The summed E-state index contributed by atoms with van der Waals surface area (Å²) in [6.45, 7) is 5.86. The lowest BCUT2D eigenvalue weighted by molar-refractivity contribution is 0.0920. The van der Waals surface area contributed by atoms with Gasteiger partial charge in [-0.05, 0) is 45.7 Å². The lowest BCUT2D eigenvalue weighted by Crippen LogP contribution is -2.44. The zero-order valence-electron chi connectivity index (χ0n) is 10.3. The van der Waals surface area contributed by atoms with Crippen molar-refractivity contribution >= 4 is 5.91 Å². The number of piperidine rings is 1. The van der Waals surface area contributed by atoms with Crippen LogP contribution >= 0.6 is 0 Å². The summed E-state index contributed by atoms with van der Waals surface area (Å²) in [4.78, 5) is 11.9. The van der Waals surface area contributed by atoms with Crippen LogP contribution in [0.25, 0.3) is 0 Å². The maximum atomic E-state index is 11.9. The highest BCUT2D eigenvalue weighted by molar-refractivity contribution is 5.94. The van der Waals surface area contributed by atoms with Gasteiger partial charge >= 0.3 is 0 Å². The van der Waals surface area contributed by atoms with Gasteiger partial charge < -0.3 is 15.2 Å². The summed E-state index contributed by atoms with van der Waals surface area (Å²) >= 11 is 0. The van der Waals surface area contributed by atoms with Crippen molar-refractivity contribution in [1.29, 1.82) is 0 Å². The molecular formula is C12H19N3O2. The molecule has 2 unspecified atom stereocenters. The average Bonchev–Trinajstić information content (AvgIpc) is 2.76. The van der Waals surface area contributed by atoms with Crippen molar-refractivity contribution < 1.29 is 9.32 Å². The van der Waals surface area contributed by atoms with E-state index in [0.29, 0.717) is 17.2 Å². The Kier molecular flexibility index (Phi) is 3.78. The van der Waals surface area contributed by atoms with Crippen molar-refractivity contribution in [3.63, 3.8) is 0 Å². The van der Waals surface area contributed by atoms with Crippen molar-refractivity contribution in [2.45, 2.75) is 32.7 Å². The van der Waals surface area contributed by atoms with Crippen LogP contribution in [0.4, 0.5) is 0 Å². The van der Waals surface area contributed by atoms with Gasteiger partial charge in [0.1, 0.15) is 11.3 Å². The number of aromatic nitrogens is 1. The molecule has 1 fully saturated rings. The van der Waals surface area contributed by atoms with E-state index in [2.05, 4.69) is 22.7 Å². The zero-order chi connectivity index (χ0) is 12.3. The van der Waals surface area contributed by atoms with Crippen LogP contribution in [0.3, 0.4) is 0 Å². The molecule has 0 aromatic carbocycles. The first kappa shape index (κ1) is 12.1. The van der Waals surface area contributed by atoms with Gasteiger partial charge in [-0.2, -0.15) is 0 Å². The van der Waals surface area contributed by atoms with Crippen molar-refractivity contribution in [2.24, 2.45) is 5.92 Å². The fourth-order valence-corrected chi connectivity index (χ4v) is 2.22. The van der Waals surface area contributed by atoms with E-state index in [1.54, 1.807) is 6.92 Å². The van der Waals surface area contributed by atoms with E-state index in [0.717, 1.165) is 19.5 Å². The molecule has 1 amide bonds. The van der Waals surface area contributed by atoms with Crippen LogP contribution in [0.15, 0.2) is 10.7 Å². The summed E-state index contributed by atoms with van der Waals surface area (Å²) < 4.78 is 4.89. The monoisotopic (exact) mass is 237 g/mol. The van der Waals surface area contributed by atoms with Crippen molar-refractivity contribution in [1.82, 2.24) is 15.8 Å². The maximum Gasteiger partial charge on any atom is 0.256 e. The molecule has 5 heteroatoms. The third-order valence-electron chi connectivity index (χ3n) is 3.40. The van der Waals surface area contributed by atoms with Crippen molar-refractivity contribution in [3.05, 3.63) is 17.5 Å². The summed E-state index contributed by atoms with van der Waals surface area (Å²) in [5, 5.41) is 9.98. The number of nitrogens with zero attached hydrogens (tertiary/aromatic N) is 1. The van der Waals surface area contributed by atoms with Gasteiger partial charge in [0, 0.05) is 6.04 Å². The minimum atomic E-state index is -0.0955. The SMILES string of the molecule is Cc1oncc1C(=O)NC(C)C1CCCNC1. The summed E-state index contributed by atoms with van der Waals surface area (Å²) in [6, 6.07) is 0.171. The molecule has 1 saturated heterocycles. The lowest BCUT2D eigenvalue weighted by atomic mass is 9.92. The van der Waals surface area contributed by atoms with Crippen LogP contribution in [0, 0.1) is 12.8 Å². The number of hydrogen-bond acceptors (Lipinski definition) is 4. The first-order valence-electron chi connectivity index (χ1n) is 6.11. The Hall–Kier alpha value is -1.36. The highest BCUT2D eigenvalue weighted by atomic mass is 16.5. The van der Waals surface area contributed by atoms with Crippen LogP contribution in [0.5, 0.6) is 0 Å². The molecule has 2 heterocycles. The molecular weight excluding hydrogens is 218 g/mol. The minimum absolute atomic E-state index is 0.0955. The molecule has 1 aromatic rings. The molecule has 94 valence electrons. The normalized spacial score (nSPS) is 22.1. The van der Waals surface area contributed by atoms with Crippen LogP contribution in [0.1, 0.15) is 35.9 Å². The van der Waals surface area contributed by atoms with Gasteiger partial charge in [-0.15, -0.1) is 0 Å². The van der Waals surface area contributed by atoms with Crippen LogP contribution in [-0.4, -0.2) is 30.2 Å². The Morgan fingerprint density at radius 1 is 1.71 bits per heavy atom. The number of aryl methyl sites for hydroxylation is 1. The van der Waals surface area contributed by atoms with E-state index >= 15 is 0 Å². The highest BCUT2D eigenvalue weighted by Crippen LogP contribution is 2.15. The van der Waals surface area contributed by atoms with Crippen LogP contribution in [0.2, 0.25) is 0 Å². The van der Waals surface area contributed by atoms with Gasteiger partial charge in [0.2, 0.25) is 0 Å². The van der Waals surface area contributed by atoms with Gasteiger partial charge in [-0.3, -0.25) is 4.79 Å². The molecule has 2 rings (SSSR count). The smallest absolute Gasteiger partial charge is 0.256 e. The molecule has 1 aromatic heterocycles. The minimum Gasteiger partial charge on any atom is -0.361 e. The van der Waals surface area contributed by atoms with Gasteiger partial charge in [-0.25, -0.2) is 0 Å². The summed E-state index contributed by atoms with van der Waals surface area (Å²) in [7, 11) is 0. The number of amides is 1. The van der Waals surface area contributed by atoms with E-state index in [9.17, 15) is 4.79 Å². The zero-order valence-corrected chi connectivity index (χ0v) is 10.3. The molecule has 0 radical (unpaired) electrons. The van der Waals surface area contributed by atoms with Crippen LogP contribution in [-0.2, 0) is 0 Å². The lowest BCUT2D eigenvalue weighted by Gasteiger charge is -2.28. The highest BCUT2D eigenvalue weighted by Gasteiger charge is 2.23. The summed E-state index contributed by atoms with van der Waals surface area (Å²) in [5.41, 5.74) is 0.528. The average molecular weight is 237 g/mol. The number of hydrogen-bond donors (Lipinski definition) is 2. The van der Waals surface area contributed by atoms with E-state index in [-0.39, 0.29) is 11.9 Å². The molecule has 2 N–H and O–H groups in total. The second-order valence-corrected chi connectivity index (χ2v) is 4.66. The standard InChI is InChI=1S/C12H19N3O2/c1-8(10-4-3-5-13-6-10)15-12(16)11-7-14-17-9(11)2/h7-8,10,13H,3-6H2,1-2H3,(H,15,16). The molecule has 17 heavy (non-hydrogen) atoms. The van der Waals surface area contributed by atoms with Crippen molar-refractivity contribution in [2.75, 3.05) is 13.1 Å². The fraction of sp³-hybridized carbons (Fsp3) is 0.667. The Labute approximate surface area is 101 Å². The molecule has 5 nitrogen and oxygen atoms in total. The van der Waals surface area contributed by atoms with Gasteiger partial charge in [0.25, 0.3) is 5.91 Å². The predicted octanol–water partition coefficient (Wildman–Crippen LogP) is 1.10. The Morgan fingerprint density at radius 3 is 3.12 bits per heavy atom. The molecule has 0 aliphatic carbocycles. The van der Waals surface area contributed by atoms with Gasteiger partial charge in [-0.1, -0.05) is 5.16 Å². The molecule has 0 spiro atoms. The Bertz CT molecular complexity index is 383. The van der Waals surface area contributed by atoms with Crippen LogP contribution < -0.4 is 10.6 Å². The molecule has 0 saturated carbocycles. The van der Waals surface area contributed by atoms with Crippen molar-refractivity contribution in [3.8, 4) is 0 Å². The molecule has 1 aliphatic rings. The third-order valence-corrected chi connectivity index (χ3v) is 3.40. The number of rotatable bonds is 3. The number of carbonyl (C=O) groups is 1. The Balaban J connectivity index is 1.92. The Morgan fingerprint density at radius 2 is 2.53 bits per heavy atom. The number of carbonyl (C=O) groups excluding carboxylic acids is 1. The first-order chi connectivity index (χ1) is 8.18. The second kappa shape index (κ2) is 5.31. The summed E-state index contributed by atoms with van der Waals surface area (Å²) in [5.74, 6) is 0.978. The summed E-state index contributed by atoms with van der Waals surface area (Å²) in [6.07, 6.45) is 3.81. The molecule has 1 aliphatic heterocycles. The number of nitrogens with one attached hydrogen (secondary N) is 2. The maximum absolute atomic E-state index is 11.9.